The topological polar surface area (TPSA) is 62.1 Å². The summed E-state index contributed by atoms with van der Waals surface area (Å²) in [6.45, 7) is 7.23. The summed E-state index contributed by atoms with van der Waals surface area (Å²) in [5.74, 6) is 0.201. The Bertz CT molecular complexity index is 339. The van der Waals surface area contributed by atoms with E-state index < -0.39 is 5.41 Å². The van der Waals surface area contributed by atoms with Crippen LogP contribution < -0.4 is 5.32 Å². The summed E-state index contributed by atoms with van der Waals surface area (Å²) in [4.78, 5) is 12.6. The van der Waals surface area contributed by atoms with Gasteiger partial charge in [-0.3, -0.25) is 4.79 Å². The lowest BCUT2D eigenvalue weighted by atomic mass is 9.80. The van der Waals surface area contributed by atoms with Crippen molar-refractivity contribution in [3.8, 4) is 6.07 Å². The Labute approximate surface area is 122 Å². The summed E-state index contributed by atoms with van der Waals surface area (Å²) in [6.07, 6.45) is 5.58. The van der Waals surface area contributed by atoms with Crippen molar-refractivity contribution in [3.63, 3.8) is 0 Å². The van der Waals surface area contributed by atoms with Crippen LogP contribution in [0.3, 0.4) is 0 Å². The highest BCUT2D eigenvalue weighted by Crippen LogP contribution is 2.34. The molecular formula is C16H28N2O2. The van der Waals surface area contributed by atoms with Crippen molar-refractivity contribution in [1.82, 2.24) is 5.32 Å². The summed E-state index contributed by atoms with van der Waals surface area (Å²) in [5, 5.41) is 12.6. The van der Waals surface area contributed by atoms with Gasteiger partial charge in [-0.05, 0) is 25.7 Å². The van der Waals surface area contributed by atoms with Gasteiger partial charge in [0.2, 0.25) is 5.91 Å². The molecule has 1 aliphatic carbocycles. The van der Waals surface area contributed by atoms with Crippen LogP contribution in [-0.4, -0.2) is 25.2 Å². The molecular weight excluding hydrogens is 252 g/mol. The molecule has 0 spiro atoms. The molecule has 1 unspecified atom stereocenters. The SMILES string of the molecule is CCOCC(NC(=O)C1(C#N)CCCCCC1)C(C)C. The minimum absolute atomic E-state index is 0.0177. The van der Waals surface area contributed by atoms with Crippen LogP contribution in [0.15, 0.2) is 0 Å². The molecule has 1 N–H and O–H groups in total. The normalized spacial score (nSPS) is 19.9. The average Bonchev–Trinajstić information content (AvgIpc) is 2.69. The van der Waals surface area contributed by atoms with Crippen LogP contribution in [-0.2, 0) is 9.53 Å². The van der Waals surface area contributed by atoms with E-state index in [0.717, 1.165) is 25.7 Å². The number of carbonyl (C=O) groups is 1. The highest BCUT2D eigenvalue weighted by atomic mass is 16.5. The van der Waals surface area contributed by atoms with Crippen LogP contribution in [0, 0.1) is 22.7 Å². The van der Waals surface area contributed by atoms with E-state index >= 15 is 0 Å². The smallest absolute Gasteiger partial charge is 0.240 e. The molecule has 0 radical (unpaired) electrons. The molecule has 0 aromatic rings. The van der Waals surface area contributed by atoms with E-state index in [9.17, 15) is 10.1 Å². The Hall–Kier alpha value is -1.08. The first-order valence-electron chi connectivity index (χ1n) is 7.85. The summed E-state index contributed by atoms with van der Waals surface area (Å²) >= 11 is 0. The maximum Gasteiger partial charge on any atom is 0.240 e. The number of nitriles is 1. The Balaban J connectivity index is 2.71. The minimum atomic E-state index is -0.824. The molecule has 20 heavy (non-hydrogen) atoms. The zero-order chi connectivity index (χ0) is 15.0. The quantitative estimate of drug-likeness (QED) is 0.761. The van der Waals surface area contributed by atoms with Crippen LogP contribution in [0.1, 0.15) is 59.3 Å². The van der Waals surface area contributed by atoms with Gasteiger partial charge in [0, 0.05) is 6.61 Å². The number of nitrogens with zero attached hydrogens (tertiary/aromatic N) is 1. The van der Waals surface area contributed by atoms with E-state index in [4.69, 9.17) is 4.74 Å². The molecule has 0 aromatic heterocycles. The fourth-order valence-corrected chi connectivity index (χ4v) is 2.67. The predicted octanol–water partition coefficient (Wildman–Crippen LogP) is 3.03. The number of amides is 1. The molecule has 0 bridgehead atoms. The van der Waals surface area contributed by atoms with Crippen molar-refractivity contribution in [1.29, 1.82) is 5.26 Å². The van der Waals surface area contributed by atoms with Crippen LogP contribution in [0.5, 0.6) is 0 Å². The van der Waals surface area contributed by atoms with Gasteiger partial charge in [-0.15, -0.1) is 0 Å². The van der Waals surface area contributed by atoms with Gasteiger partial charge in [0.05, 0.1) is 18.7 Å². The zero-order valence-corrected chi connectivity index (χ0v) is 13.1. The van der Waals surface area contributed by atoms with Crippen molar-refractivity contribution in [3.05, 3.63) is 0 Å². The molecule has 1 atom stereocenters. The molecule has 0 heterocycles. The number of hydrogen-bond donors (Lipinski definition) is 1. The summed E-state index contributed by atoms with van der Waals surface area (Å²) < 4.78 is 5.44. The van der Waals surface area contributed by atoms with Crippen LogP contribution in [0.2, 0.25) is 0 Å². The Kier molecular flexibility index (Phi) is 7.01. The minimum Gasteiger partial charge on any atom is -0.380 e. The van der Waals surface area contributed by atoms with Crippen LogP contribution in [0.4, 0.5) is 0 Å². The molecule has 0 aromatic carbocycles. The molecule has 0 saturated heterocycles. The molecule has 4 heteroatoms. The first-order valence-corrected chi connectivity index (χ1v) is 7.85. The predicted molar refractivity (Wildman–Crippen MR) is 79.0 cm³/mol. The first kappa shape index (κ1) is 17.0. The van der Waals surface area contributed by atoms with E-state index in [1.165, 1.54) is 0 Å². The van der Waals surface area contributed by atoms with Crippen LogP contribution >= 0.6 is 0 Å². The first-order chi connectivity index (χ1) is 9.55. The van der Waals surface area contributed by atoms with Gasteiger partial charge in [-0.1, -0.05) is 39.5 Å². The van der Waals surface area contributed by atoms with E-state index in [2.05, 4.69) is 25.2 Å². The summed E-state index contributed by atoms with van der Waals surface area (Å²) in [6, 6.07) is 2.29. The van der Waals surface area contributed by atoms with Gasteiger partial charge in [0.25, 0.3) is 0 Å². The molecule has 1 saturated carbocycles. The molecule has 114 valence electrons. The van der Waals surface area contributed by atoms with Gasteiger partial charge >= 0.3 is 0 Å². The summed E-state index contributed by atoms with van der Waals surface area (Å²) in [5.41, 5.74) is -0.824. The zero-order valence-electron chi connectivity index (χ0n) is 13.1. The lowest BCUT2D eigenvalue weighted by molar-refractivity contribution is -0.130. The molecule has 4 nitrogen and oxygen atoms in total. The fraction of sp³-hybridized carbons (Fsp3) is 0.875. The third kappa shape index (κ3) is 4.49. The van der Waals surface area contributed by atoms with Gasteiger partial charge in [0.1, 0.15) is 5.41 Å². The van der Waals surface area contributed by atoms with Crippen molar-refractivity contribution < 1.29 is 9.53 Å². The fourth-order valence-electron chi connectivity index (χ4n) is 2.67. The number of nitrogens with one attached hydrogen (secondary N) is 1. The second kappa shape index (κ2) is 8.26. The largest absolute Gasteiger partial charge is 0.380 e. The average molecular weight is 280 g/mol. The Morgan fingerprint density at radius 2 is 1.90 bits per heavy atom. The standard InChI is InChI=1S/C16H28N2O2/c1-4-20-11-14(13(2)3)18-15(19)16(12-17)9-7-5-6-8-10-16/h13-14H,4-11H2,1-3H3,(H,18,19). The highest BCUT2D eigenvalue weighted by Gasteiger charge is 2.39. The van der Waals surface area contributed by atoms with Crippen molar-refractivity contribution >= 4 is 5.91 Å². The Morgan fingerprint density at radius 1 is 1.30 bits per heavy atom. The van der Waals surface area contributed by atoms with Crippen LogP contribution in [0.25, 0.3) is 0 Å². The van der Waals surface area contributed by atoms with Crippen molar-refractivity contribution in [2.75, 3.05) is 13.2 Å². The molecule has 0 aliphatic heterocycles. The molecule has 1 aliphatic rings. The lowest BCUT2D eigenvalue weighted by Crippen LogP contribution is -2.48. The number of rotatable bonds is 6. The van der Waals surface area contributed by atoms with Crippen molar-refractivity contribution in [2.45, 2.75) is 65.3 Å². The number of hydrogen-bond acceptors (Lipinski definition) is 3. The Morgan fingerprint density at radius 3 is 2.35 bits per heavy atom. The number of ether oxygens (including phenoxy) is 1. The van der Waals surface area contributed by atoms with Crippen molar-refractivity contribution in [2.24, 2.45) is 11.3 Å². The van der Waals surface area contributed by atoms with Gasteiger partial charge in [-0.25, -0.2) is 0 Å². The third-order valence-corrected chi connectivity index (χ3v) is 4.23. The van der Waals surface area contributed by atoms with E-state index in [0.29, 0.717) is 32.0 Å². The van der Waals surface area contributed by atoms with E-state index in [1.807, 2.05) is 6.92 Å². The van der Waals surface area contributed by atoms with Gasteiger partial charge in [-0.2, -0.15) is 5.26 Å². The molecule has 1 amide bonds. The lowest BCUT2D eigenvalue weighted by Gasteiger charge is -2.29. The summed E-state index contributed by atoms with van der Waals surface area (Å²) in [7, 11) is 0. The third-order valence-electron chi connectivity index (χ3n) is 4.23. The van der Waals surface area contributed by atoms with E-state index in [-0.39, 0.29) is 11.9 Å². The highest BCUT2D eigenvalue weighted by molar-refractivity contribution is 5.85. The van der Waals surface area contributed by atoms with Gasteiger partial charge < -0.3 is 10.1 Å². The second-order valence-corrected chi connectivity index (χ2v) is 6.09. The van der Waals surface area contributed by atoms with E-state index in [1.54, 1.807) is 0 Å². The monoisotopic (exact) mass is 280 g/mol. The molecule has 1 fully saturated rings. The van der Waals surface area contributed by atoms with Gasteiger partial charge in [0.15, 0.2) is 0 Å². The maximum atomic E-state index is 12.6. The number of carbonyl (C=O) groups excluding carboxylic acids is 1. The molecule has 1 rings (SSSR count). The second-order valence-electron chi connectivity index (χ2n) is 6.09. The maximum absolute atomic E-state index is 12.6.